The van der Waals surface area contributed by atoms with E-state index in [-0.39, 0.29) is 0 Å². The van der Waals surface area contributed by atoms with Gasteiger partial charge in [0.1, 0.15) is 0 Å². The summed E-state index contributed by atoms with van der Waals surface area (Å²) in [6.07, 6.45) is 7.82. The van der Waals surface area contributed by atoms with E-state index in [1.54, 1.807) is 6.92 Å². The number of piperidine rings is 1. The van der Waals surface area contributed by atoms with Crippen LogP contribution in [0.4, 0.5) is 5.69 Å². The van der Waals surface area contributed by atoms with E-state index in [0.29, 0.717) is 13.1 Å². The monoisotopic (exact) mass is 236 g/mol. The van der Waals surface area contributed by atoms with Crippen LogP contribution in [0.1, 0.15) is 26.2 Å². The molecule has 1 fully saturated rings. The van der Waals surface area contributed by atoms with Gasteiger partial charge in [-0.2, -0.15) is 0 Å². The molecule has 0 saturated carbocycles. The zero-order chi connectivity index (χ0) is 12.3. The minimum Gasteiger partial charge on any atom is -0.468 e. The van der Waals surface area contributed by atoms with Crippen molar-refractivity contribution in [3.05, 3.63) is 24.5 Å². The lowest BCUT2D eigenvalue weighted by molar-refractivity contribution is -0.128. The van der Waals surface area contributed by atoms with E-state index in [4.69, 9.17) is 0 Å². The summed E-state index contributed by atoms with van der Waals surface area (Å²) in [4.78, 5) is 15.7. The quantitative estimate of drug-likeness (QED) is 0.755. The van der Waals surface area contributed by atoms with Gasteiger partial charge in [-0.05, 0) is 38.3 Å². The van der Waals surface area contributed by atoms with Crippen molar-refractivity contribution in [3.63, 3.8) is 0 Å². The number of carbonyl (C=O) groups is 1. The molecule has 4 nitrogen and oxygen atoms in total. The largest absolute Gasteiger partial charge is 0.468 e. The Morgan fingerprint density at radius 2 is 2.18 bits per heavy atom. The van der Waals surface area contributed by atoms with E-state index >= 15 is 0 Å². The highest BCUT2D eigenvalue weighted by Gasteiger charge is 2.09. The lowest BCUT2D eigenvalue weighted by Gasteiger charge is -2.28. The van der Waals surface area contributed by atoms with Crippen molar-refractivity contribution in [1.82, 2.24) is 4.98 Å². The maximum absolute atomic E-state index is 9.18. The molecule has 17 heavy (non-hydrogen) atoms. The molecule has 4 heteroatoms. The minimum atomic E-state index is 0.431. The third kappa shape index (κ3) is 5.33. The van der Waals surface area contributed by atoms with E-state index in [0.717, 1.165) is 0 Å². The molecule has 0 atom stereocenters. The summed E-state index contributed by atoms with van der Waals surface area (Å²) >= 11 is 0. The number of ether oxygens (including phenoxy) is 1. The lowest BCUT2D eigenvalue weighted by atomic mass is 10.1. The van der Waals surface area contributed by atoms with Gasteiger partial charge in [-0.15, -0.1) is 0 Å². The van der Waals surface area contributed by atoms with Crippen LogP contribution in [0.15, 0.2) is 24.5 Å². The zero-order valence-electron chi connectivity index (χ0n) is 10.3. The van der Waals surface area contributed by atoms with Crippen LogP contribution >= 0.6 is 0 Å². The van der Waals surface area contributed by atoms with Crippen molar-refractivity contribution < 1.29 is 9.53 Å². The van der Waals surface area contributed by atoms with Gasteiger partial charge in [0.2, 0.25) is 0 Å². The van der Waals surface area contributed by atoms with Crippen LogP contribution in [0.2, 0.25) is 0 Å². The maximum atomic E-state index is 9.18. The van der Waals surface area contributed by atoms with Gasteiger partial charge >= 0.3 is 0 Å². The predicted octanol–water partition coefficient (Wildman–Crippen LogP) is 2.25. The summed E-state index contributed by atoms with van der Waals surface area (Å²) in [7, 11) is 0. The van der Waals surface area contributed by atoms with Gasteiger partial charge in [0, 0.05) is 19.3 Å². The number of carbonyl (C=O) groups excluding carboxylic acids is 1. The van der Waals surface area contributed by atoms with E-state index in [1.165, 1.54) is 38.0 Å². The van der Waals surface area contributed by atoms with E-state index in [2.05, 4.69) is 20.7 Å². The second kappa shape index (κ2) is 8.56. The van der Waals surface area contributed by atoms with Crippen molar-refractivity contribution in [1.29, 1.82) is 0 Å². The van der Waals surface area contributed by atoms with Gasteiger partial charge in [0.25, 0.3) is 6.47 Å². The molecule has 1 aromatic rings. The molecule has 0 amide bonds. The van der Waals surface area contributed by atoms with E-state index < -0.39 is 0 Å². The summed E-state index contributed by atoms with van der Waals surface area (Å²) in [6.45, 7) is 5.06. The molecule has 1 aliphatic heterocycles. The van der Waals surface area contributed by atoms with Crippen LogP contribution in [-0.4, -0.2) is 31.2 Å². The Labute approximate surface area is 103 Å². The van der Waals surface area contributed by atoms with Crippen LogP contribution in [0.25, 0.3) is 0 Å². The Hall–Kier alpha value is -1.58. The van der Waals surface area contributed by atoms with Crippen molar-refractivity contribution in [2.45, 2.75) is 26.2 Å². The first-order valence-electron chi connectivity index (χ1n) is 6.08. The minimum absolute atomic E-state index is 0.431. The molecule has 94 valence electrons. The molecule has 0 aromatic carbocycles. The fourth-order valence-corrected chi connectivity index (χ4v) is 1.76. The van der Waals surface area contributed by atoms with Crippen LogP contribution in [0.3, 0.4) is 0 Å². The fourth-order valence-electron chi connectivity index (χ4n) is 1.76. The number of rotatable bonds is 3. The second-order valence-corrected chi connectivity index (χ2v) is 3.81. The number of anilines is 1. The Morgan fingerprint density at radius 3 is 2.65 bits per heavy atom. The molecular weight excluding hydrogens is 216 g/mol. The number of pyridine rings is 1. The molecule has 0 N–H and O–H groups in total. The molecule has 1 aliphatic rings. The van der Waals surface area contributed by atoms with Gasteiger partial charge in [0.15, 0.2) is 0 Å². The maximum Gasteiger partial charge on any atom is 0.293 e. The first kappa shape index (κ1) is 13.5. The molecule has 0 bridgehead atoms. The predicted molar refractivity (Wildman–Crippen MR) is 68.0 cm³/mol. The van der Waals surface area contributed by atoms with Crippen molar-refractivity contribution in [3.8, 4) is 0 Å². The van der Waals surface area contributed by atoms with Crippen molar-refractivity contribution in [2.24, 2.45) is 0 Å². The second-order valence-electron chi connectivity index (χ2n) is 3.81. The average Bonchev–Trinajstić information content (AvgIpc) is 2.42. The highest BCUT2D eigenvalue weighted by Crippen LogP contribution is 2.17. The first-order valence-corrected chi connectivity index (χ1v) is 6.08. The molecule has 2 rings (SSSR count). The lowest BCUT2D eigenvalue weighted by Crippen LogP contribution is -2.29. The van der Waals surface area contributed by atoms with Crippen LogP contribution < -0.4 is 4.90 Å². The number of nitrogens with zero attached hydrogens (tertiary/aromatic N) is 2. The molecular formula is C13H20N2O2. The molecule has 2 heterocycles. The summed E-state index contributed by atoms with van der Waals surface area (Å²) in [5.74, 6) is 0. The smallest absolute Gasteiger partial charge is 0.293 e. The highest BCUT2D eigenvalue weighted by molar-refractivity contribution is 5.43. The summed E-state index contributed by atoms with van der Waals surface area (Å²) in [6, 6.07) is 4.14. The number of hydrogen-bond donors (Lipinski definition) is 0. The normalized spacial score (nSPS) is 14.5. The number of aromatic nitrogens is 1. The van der Waals surface area contributed by atoms with E-state index in [1.807, 2.05) is 18.5 Å². The molecule has 0 aliphatic carbocycles. The van der Waals surface area contributed by atoms with Gasteiger partial charge in [0.05, 0.1) is 18.5 Å². The van der Waals surface area contributed by atoms with Gasteiger partial charge < -0.3 is 9.64 Å². The molecule has 0 radical (unpaired) electrons. The average molecular weight is 236 g/mol. The standard InChI is InChI=1S/C10H14N2.C3H6O2/c1-2-7-12(8-3-1)10-5-4-6-11-9-10;1-2-5-3-4/h4-6,9H,1-3,7-8H2;3H,2H2,1H3. The molecule has 1 aromatic heterocycles. The van der Waals surface area contributed by atoms with Gasteiger partial charge in [-0.25, -0.2) is 0 Å². The Kier molecular flexibility index (Phi) is 6.79. The Morgan fingerprint density at radius 1 is 1.41 bits per heavy atom. The van der Waals surface area contributed by atoms with Crippen molar-refractivity contribution in [2.75, 3.05) is 24.6 Å². The molecule has 0 unspecified atom stereocenters. The first-order chi connectivity index (χ1) is 8.38. The van der Waals surface area contributed by atoms with Gasteiger partial charge in [-0.1, -0.05) is 0 Å². The third-order valence-electron chi connectivity index (χ3n) is 2.60. The summed E-state index contributed by atoms with van der Waals surface area (Å²) in [5, 5.41) is 0. The van der Waals surface area contributed by atoms with Crippen LogP contribution in [0.5, 0.6) is 0 Å². The Balaban J connectivity index is 0.000000249. The van der Waals surface area contributed by atoms with Crippen molar-refractivity contribution >= 4 is 12.2 Å². The molecule has 1 saturated heterocycles. The Bertz CT molecular complexity index is 298. The zero-order valence-corrected chi connectivity index (χ0v) is 10.3. The van der Waals surface area contributed by atoms with Crippen LogP contribution in [-0.2, 0) is 9.53 Å². The summed E-state index contributed by atoms with van der Waals surface area (Å²) < 4.78 is 4.15. The van der Waals surface area contributed by atoms with Gasteiger partial charge in [-0.3, -0.25) is 9.78 Å². The fraction of sp³-hybridized carbons (Fsp3) is 0.538. The summed E-state index contributed by atoms with van der Waals surface area (Å²) in [5.41, 5.74) is 1.28. The molecule has 0 spiro atoms. The van der Waals surface area contributed by atoms with Crippen LogP contribution in [0, 0.1) is 0 Å². The third-order valence-corrected chi connectivity index (χ3v) is 2.60. The topological polar surface area (TPSA) is 42.4 Å². The highest BCUT2D eigenvalue weighted by atomic mass is 16.5. The van der Waals surface area contributed by atoms with E-state index in [9.17, 15) is 4.79 Å². The number of hydrogen-bond acceptors (Lipinski definition) is 4. The SMILES string of the molecule is CCOC=O.c1cncc(N2CCCCC2)c1.